The molecule has 3 aromatic rings. The summed E-state index contributed by atoms with van der Waals surface area (Å²) in [7, 11) is -3.60. The molecular weight excluding hydrogens is 813 g/mol. The maximum absolute atomic E-state index is 13.8. The zero-order chi connectivity index (χ0) is 43.6. The highest BCUT2D eigenvalue weighted by molar-refractivity contribution is 7.47. The number of aromatic nitrogens is 3. The number of phosphoric ester groups is 1. The van der Waals surface area contributed by atoms with Crippen LogP contribution in [-0.4, -0.2) is 93.8 Å². The van der Waals surface area contributed by atoms with Gasteiger partial charge in [-0.25, -0.2) is 18.5 Å². The monoisotopic (exact) mass is 875 g/mol. The average molecular weight is 876 g/mol. The second-order valence-electron chi connectivity index (χ2n) is 15.2. The van der Waals surface area contributed by atoms with Crippen molar-refractivity contribution in [1.82, 2.24) is 14.6 Å². The molecule has 3 heterocycles. The van der Waals surface area contributed by atoms with E-state index in [9.17, 15) is 37.2 Å². The van der Waals surface area contributed by atoms with Gasteiger partial charge in [0.15, 0.2) is 11.4 Å². The zero-order valence-electron chi connectivity index (χ0n) is 34.6. The molecule has 6 atom stereocenters. The Morgan fingerprint density at radius 1 is 0.950 bits per heavy atom. The fourth-order valence-electron chi connectivity index (χ4n) is 7.28. The number of aliphatic hydroxyl groups is 2. The van der Waals surface area contributed by atoms with E-state index in [2.05, 4.69) is 22.0 Å². The van der Waals surface area contributed by atoms with Crippen LogP contribution in [0.15, 0.2) is 41.7 Å². The Morgan fingerprint density at radius 3 is 2.17 bits per heavy atom. The summed E-state index contributed by atoms with van der Waals surface area (Å²) in [5, 5.41) is 26.3. The van der Waals surface area contributed by atoms with Crippen LogP contribution in [0.1, 0.15) is 121 Å². The van der Waals surface area contributed by atoms with E-state index in [0.29, 0.717) is 11.9 Å². The van der Waals surface area contributed by atoms with Crippen LogP contribution in [-0.2, 0) is 34.9 Å². The lowest BCUT2D eigenvalue weighted by atomic mass is 9.92. The van der Waals surface area contributed by atoms with Gasteiger partial charge in [0, 0.05) is 19.9 Å². The first-order valence-electron chi connectivity index (χ1n) is 21.0. The molecule has 1 saturated heterocycles. The van der Waals surface area contributed by atoms with Crippen LogP contribution < -0.4 is 10.5 Å². The number of rotatable bonds is 29. The molecule has 1 aliphatic rings. The van der Waals surface area contributed by atoms with Crippen molar-refractivity contribution in [3.05, 3.63) is 53.7 Å². The van der Waals surface area contributed by atoms with E-state index >= 15 is 0 Å². The van der Waals surface area contributed by atoms with Crippen LogP contribution in [0.2, 0.25) is 0 Å². The molecular formula is C41H62F4N5O9P. The normalized spacial score (nSPS) is 21.2. The van der Waals surface area contributed by atoms with Crippen molar-refractivity contribution in [2.45, 2.75) is 146 Å². The summed E-state index contributed by atoms with van der Waals surface area (Å²) in [6.45, 7) is 0.599. The van der Waals surface area contributed by atoms with E-state index in [0.717, 1.165) is 37.8 Å². The summed E-state index contributed by atoms with van der Waals surface area (Å²) in [5.74, 6) is -1.73. The number of unbranched alkanes of at least 4 members (excludes halogenated alkanes) is 15. The second-order valence-corrected chi connectivity index (χ2v) is 16.7. The second kappa shape index (κ2) is 24.4. The molecule has 60 heavy (non-hydrogen) atoms. The highest BCUT2D eigenvalue weighted by Gasteiger charge is 2.56. The largest absolute Gasteiger partial charge is 0.485 e. The molecule has 1 fully saturated rings. The molecule has 0 radical (unpaired) electrons. The van der Waals surface area contributed by atoms with Gasteiger partial charge in [-0.15, -0.1) is 0 Å². The molecule has 0 amide bonds. The summed E-state index contributed by atoms with van der Waals surface area (Å²) in [6.07, 6.45) is 10.5. The van der Waals surface area contributed by atoms with Gasteiger partial charge >= 0.3 is 14.0 Å². The van der Waals surface area contributed by atoms with Crippen molar-refractivity contribution in [2.24, 2.45) is 4.99 Å². The molecule has 338 valence electrons. The minimum Gasteiger partial charge on any atom is -0.485 e. The van der Waals surface area contributed by atoms with E-state index in [4.69, 9.17) is 29.0 Å². The lowest BCUT2D eigenvalue weighted by molar-refractivity contribution is -0.140. The minimum atomic E-state index is -5.01. The quantitative estimate of drug-likeness (QED) is 0.0226. The summed E-state index contributed by atoms with van der Waals surface area (Å²) < 4.78 is 97.2. The van der Waals surface area contributed by atoms with Gasteiger partial charge in [0.2, 0.25) is 0 Å². The first-order valence-corrected chi connectivity index (χ1v) is 22.5. The predicted octanol–water partition coefficient (Wildman–Crippen LogP) is 8.35. The third kappa shape index (κ3) is 14.7. The molecule has 1 aromatic carbocycles. The molecule has 0 spiro atoms. The van der Waals surface area contributed by atoms with Gasteiger partial charge in [0.25, 0.3) is 0 Å². The van der Waals surface area contributed by atoms with Crippen LogP contribution >= 0.6 is 7.82 Å². The molecule has 14 nitrogen and oxygen atoms in total. The molecule has 0 aliphatic carbocycles. The summed E-state index contributed by atoms with van der Waals surface area (Å²) in [6, 6.07) is 5.00. The molecule has 5 N–H and O–H groups in total. The number of ether oxygens (including phenoxy) is 3. The van der Waals surface area contributed by atoms with Gasteiger partial charge in [0.05, 0.1) is 25.5 Å². The summed E-state index contributed by atoms with van der Waals surface area (Å²) >= 11 is 0. The molecule has 1 unspecified atom stereocenters. The van der Waals surface area contributed by atoms with Gasteiger partial charge in [-0.2, -0.15) is 18.3 Å². The number of nitrogen functional groups attached to an aromatic ring is 1. The predicted molar refractivity (Wildman–Crippen MR) is 218 cm³/mol. The Bertz CT molecular complexity index is 1800. The van der Waals surface area contributed by atoms with E-state index in [-0.39, 0.29) is 30.8 Å². The topological polar surface area (TPSA) is 192 Å². The summed E-state index contributed by atoms with van der Waals surface area (Å²) in [5.41, 5.74) is 3.36. The average Bonchev–Trinajstić information content (AvgIpc) is 3.75. The fraction of sp³-hybridized carbons (Fsp3) is 0.683. The van der Waals surface area contributed by atoms with Crippen LogP contribution in [0.5, 0.6) is 5.75 Å². The van der Waals surface area contributed by atoms with Crippen LogP contribution in [0, 0.1) is 5.82 Å². The third-order valence-electron chi connectivity index (χ3n) is 10.5. The van der Waals surface area contributed by atoms with Crippen molar-refractivity contribution in [1.29, 1.82) is 0 Å². The van der Waals surface area contributed by atoms with E-state index < -0.39 is 74.4 Å². The number of halogens is 4. The lowest BCUT2D eigenvalue weighted by Gasteiger charge is -2.27. The van der Waals surface area contributed by atoms with Crippen LogP contribution in [0.3, 0.4) is 0 Å². The smallest absolute Gasteiger partial charge is 0.472 e. The number of nitrogens with two attached hydrogens (primary N) is 1. The fourth-order valence-corrected chi connectivity index (χ4v) is 8.04. The van der Waals surface area contributed by atoms with Gasteiger partial charge in [0.1, 0.15) is 53.4 Å². The SMILES string of the molecule is CCCCCCCCCCCCCCCCCCOC[C@H](COP(=O)(O)OC[C@H]1O[C@@](C=NC)(c2ccc3c(N)ncnn23)[C@H](O)[C@@H]1O)Oc1ccc(F)cc1C(F)(F)F. The molecule has 1 aliphatic heterocycles. The van der Waals surface area contributed by atoms with Crippen molar-refractivity contribution in [3.63, 3.8) is 0 Å². The molecule has 0 bridgehead atoms. The summed E-state index contributed by atoms with van der Waals surface area (Å²) in [4.78, 5) is 18.5. The zero-order valence-corrected chi connectivity index (χ0v) is 35.5. The van der Waals surface area contributed by atoms with Crippen molar-refractivity contribution >= 4 is 25.4 Å². The van der Waals surface area contributed by atoms with E-state index in [1.54, 1.807) is 6.07 Å². The molecule has 19 heteroatoms. The minimum absolute atomic E-state index is 0.132. The number of alkyl halides is 3. The number of anilines is 1. The number of hydrogen-bond donors (Lipinski definition) is 4. The first kappa shape index (κ1) is 49.4. The number of fused-ring (bicyclic) bond motifs is 1. The Kier molecular flexibility index (Phi) is 20.1. The van der Waals surface area contributed by atoms with Gasteiger partial charge in [-0.05, 0) is 36.8 Å². The lowest BCUT2D eigenvalue weighted by Crippen LogP contribution is -2.43. The highest BCUT2D eigenvalue weighted by Crippen LogP contribution is 2.46. The van der Waals surface area contributed by atoms with E-state index in [1.807, 2.05) is 0 Å². The maximum Gasteiger partial charge on any atom is 0.472 e. The van der Waals surface area contributed by atoms with E-state index in [1.165, 1.54) is 101 Å². The van der Waals surface area contributed by atoms with Crippen molar-refractivity contribution in [3.8, 4) is 5.75 Å². The highest BCUT2D eigenvalue weighted by atomic mass is 31.2. The number of benzene rings is 1. The Hall–Kier alpha value is -3.22. The number of nitrogens with zero attached hydrogens (tertiary/aromatic N) is 4. The maximum atomic E-state index is 13.8. The molecule has 4 rings (SSSR count). The van der Waals surface area contributed by atoms with Crippen LogP contribution in [0.25, 0.3) is 5.52 Å². The van der Waals surface area contributed by atoms with Gasteiger partial charge in [-0.1, -0.05) is 103 Å². The third-order valence-corrected chi connectivity index (χ3v) is 11.5. The standard InChI is InChI=1S/C41H62F4N5O9P/c1-3-4-5-6-7-8-9-10-11-12-13-14-15-16-17-18-23-55-25-31(58-34-21-19-30(42)24-32(34)41(43,44)45)26-56-60(53,54)57-27-35-37(51)38(52)40(59-35,28-47-2)36-22-20-33-39(46)48-29-49-50(33)36/h19-22,24,28-29,31,35,37-38,51-52H,3-18,23,25-27H2,1-2H3,(H,53,54)(H2,46,48,49)/t31-,35-,37-,38-,40+/m1/s1. The molecule has 2 aromatic heterocycles. The van der Waals surface area contributed by atoms with Gasteiger partial charge < -0.3 is 35.1 Å². The Balaban J connectivity index is 1.26. The molecule has 0 saturated carbocycles. The number of aliphatic imine (C=N–C) groups is 1. The Labute approximate surface area is 349 Å². The van der Waals surface area contributed by atoms with Gasteiger partial charge in [-0.3, -0.25) is 14.0 Å². The number of phosphoric acid groups is 1. The van der Waals surface area contributed by atoms with Crippen LogP contribution in [0.4, 0.5) is 23.4 Å². The van der Waals surface area contributed by atoms with Crippen molar-refractivity contribution < 1.29 is 60.5 Å². The Morgan fingerprint density at radius 2 is 1.57 bits per heavy atom. The number of aliphatic hydroxyl groups excluding tert-OH is 2. The van der Waals surface area contributed by atoms with Crippen molar-refractivity contribution in [2.75, 3.05) is 39.2 Å². The number of hydrogen-bond acceptors (Lipinski definition) is 12. The first-order chi connectivity index (χ1) is 28.7.